The van der Waals surface area contributed by atoms with E-state index in [-0.39, 0.29) is 32.1 Å². The van der Waals surface area contributed by atoms with Gasteiger partial charge in [0.05, 0.1) is 12.2 Å². The minimum atomic E-state index is -2.18. The number of nitrogens with one attached hydrogen (secondary N) is 1. The quantitative estimate of drug-likeness (QED) is 0.379. The lowest BCUT2D eigenvalue weighted by Gasteiger charge is -2.04. The van der Waals surface area contributed by atoms with Crippen LogP contribution in [0.25, 0.3) is 6.08 Å². The molecular formula is C11H11ClF5NO. The van der Waals surface area contributed by atoms with Gasteiger partial charge in [-0.25, -0.2) is 22.0 Å². The average Bonchev–Trinajstić information content (AvgIpc) is 2.37. The molecule has 0 radical (unpaired) electrons. The summed E-state index contributed by atoms with van der Waals surface area (Å²) in [5, 5.41) is 11.1. The Morgan fingerprint density at radius 3 is 1.84 bits per heavy atom. The Kier molecular flexibility index (Phi) is 7.58. The molecule has 0 aliphatic rings. The van der Waals surface area contributed by atoms with Crippen LogP contribution in [-0.4, -0.2) is 24.8 Å². The third-order valence-electron chi connectivity index (χ3n) is 2.08. The summed E-state index contributed by atoms with van der Waals surface area (Å²) >= 11 is 0. The fourth-order valence-electron chi connectivity index (χ4n) is 1.21. The molecule has 0 saturated carbocycles. The second kappa shape index (κ2) is 8.08. The number of hydrogen-bond donors (Lipinski definition) is 2. The maximum Gasteiger partial charge on any atom is 0.200 e. The third-order valence-corrected chi connectivity index (χ3v) is 2.08. The highest BCUT2D eigenvalue weighted by molar-refractivity contribution is 5.85. The van der Waals surface area contributed by atoms with Crippen LogP contribution in [0.3, 0.4) is 0 Å². The summed E-state index contributed by atoms with van der Waals surface area (Å²) in [6.07, 6.45) is 1.98. The van der Waals surface area contributed by atoms with Gasteiger partial charge in [0, 0.05) is 13.1 Å². The fraction of sp³-hybridized carbons (Fsp3) is 0.273. The van der Waals surface area contributed by atoms with Crippen molar-refractivity contribution in [3.05, 3.63) is 40.7 Å². The molecule has 1 rings (SSSR count). The van der Waals surface area contributed by atoms with E-state index in [1.807, 2.05) is 0 Å². The molecule has 0 amide bonds. The van der Waals surface area contributed by atoms with Gasteiger partial charge in [-0.15, -0.1) is 12.4 Å². The van der Waals surface area contributed by atoms with Crippen LogP contribution >= 0.6 is 12.4 Å². The van der Waals surface area contributed by atoms with Gasteiger partial charge in [-0.3, -0.25) is 0 Å². The molecule has 1 aromatic carbocycles. The van der Waals surface area contributed by atoms with Crippen molar-refractivity contribution in [1.82, 2.24) is 5.32 Å². The van der Waals surface area contributed by atoms with Crippen molar-refractivity contribution in [2.24, 2.45) is 0 Å². The zero-order valence-electron chi connectivity index (χ0n) is 9.52. The normalized spacial score (nSPS) is 10.8. The van der Waals surface area contributed by atoms with Gasteiger partial charge in [-0.05, 0) is 0 Å². The van der Waals surface area contributed by atoms with Gasteiger partial charge < -0.3 is 10.4 Å². The van der Waals surface area contributed by atoms with Crippen molar-refractivity contribution in [1.29, 1.82) is 0 Å². The van der Waals surface area contributed by atoms with Gasteiger partial charge in [0.15, 0.2) is 23.3 Å². The summed E-state index contributed by atoms with van der Waals surface area (Å²) in [6, 6.07) is 0. The molecule has 108 valence electrons. The van der Waals surface area contributed by atoms with Crippen LogP contribution in [0, 0.1) is 29.1 Å². The molecule has 0 fully saturated rings. The van der Waals surface area contributed by atoms with Gasteiger partial charge in [-0.2, -0.15) is 0 Å². The lowest BCUT2D eigenvalue weighted by Crippen LogP contribution is -2.17. The predicted molar refractivity (Wildman–Crippen MR) is 62.5 cm³/mol. The second-order valence-electron chi connectivity index (χ2n) is 3.31. The largest absolute Gasteiger partial charge is 0.395 e. The van der Waals surface area contributed by atoms with Crippen LogP contribution in [0.1, 0.15) is 5.56 Å². The van der Waals surface area contributed by atoms with Crippen LogP contribution in [0.2, 0.25) is 0 Å². The van der Waals surface area contributed by atoms with E-state index in [1.54, 1.807) is 0 Å². The van der Waals surface area contributed by atoms with E-state index >= 15 is 0 Å². The molecule has 2 nitrogen and oxygen atoms in total. The molecule has 0 aliphatic carbocycles. The van der Waals surface area contributed by atoms with E-state index < -0.39 is 34.6 Å². The van der Waals surface area contributed by atoms with Gasteiger partial charge in [-0.1, -0.05) is 12.2 Å². The van der Waals surface area contributed by atoms with Gasteiger partial charge in [0.25, 0.3) is 0 Å². The van der Waals surface area contributed by atoms with Crippen LogP contribution < -0.4 is 5.32 Å². The Morgan fingerprint density at radius 1 is 0.895 bits per heavy atom. The first-order valence-electron chi connectivity index (χ1n) is 5.00. The first kappa shape index (κ1) is 17.8. The Morgan fingerprint density at radius 2 is 1.37 bits per heavy atom. The van der Waals surface area contributed by atoms with Crippen LogP contribution in [-0.2, 0) is 0 Å². The number of rotatable bonds is 5. The topological polar surface area (TPSA) is 32.3 Å². The van der Waals surface area contributed by atoms with E-state index in [0.717, 1.165) is 6.08 Å². The Labute approximate surface area is 112 Å². The van der Waals surface area contributed by atoms with Crippen LogP contribution in [0.4, 0.5) is 22.0 Å². The number of hydrogen-bond acceptors (Lipinski definition) is 2. The molecule has 1 aromatic rings. The molecule has 19 heavy (non-hydrogen) atoms. The lowest BCUT2D eigenvalue weighted by atomic mass is 10.1. The minimum absolute atomic E-state index is 0. The summed E-state index contributed by atoms with van der Waals surface area (Å²) < 4.78 is 64.6. The second-order valence-corrected chi connectivity index (χ2v) is 3.31. The summed E-state index contributed by atoms with van der Waals surface area (Å²) in [5.41, 5.74) is -0.989. The molecule has 0 bridgehead atoms. The highest BCUT2D eigenvalue weighted by atomic mass is 35.5. The molecule has 0 spiro atoms. The van der Waals surface area contributed by atoms with Crippen LogP contribution in [0.15, 0.2) is 6.08 Å². The zero-order valence-corrected chi connectivity index (χ0v) is 10.3. The van der Waals surface area contributed by atoms with E-state index in [1.165, 1.54) is 6.08 Å². The van der Waals surface area contributed by atoms with Crippen molar-refractivity contribution >= 4 is 18.5 Å². The Balaban J connectivity index is 0.00000324. The first-order chi connectivity index (χ1) is 8.50. The van der Waals surface area contributed by atoms with E-state index in [4.69, 9.17) is 5.11 Å². The molecule has 0 saturated heterocycles. The molecule has 0 aliphatic heterocycles. The molecular weight excluding hydrogens is 293 g/mol. The average molecular weight is 304 g/mol. The molecule has 0 heterocycles. The Hall–Kier alpha value is -1.18. The predicted octanol–water partition coefficient (Wildman–Crippen LogP) is 2.40. The minimum Gasteiger partial charge on any atom is -0.395 e. The van der Waals surface area contributed by atoms with E-state index in [0.29, 0.717) is 0 Å². The van der Waals surface area contributed by atoms with E-state index in [9.17, 15) is 22.0 Å². The molecule has 0 atom stereocenters. The third kappa shape index (κ3) is 4.15. The number of aliphatic hydroxyl groups excluding tert-OH is 1. The maximum atomic E-state index is 13.1. The summed E-state index contributed by atoms with van der Waals surface area (Å²) in [6.45, 7) is 0.248. The molecule has 0 unspecified atom stereocenters. The van der Waals surface area contributed by atoms with E-state index in [2.05, 4.69) is 5.32 Å². The standard InChI is InChI=1S/C11H10F5NO.ClH/c12-7-6(2-1-3-17-4-5-18)8(13)10(15)11(16)9(7)14;/h1-2,17-18H,3-5H2;1H/b2-1+;. The van der Waals surface area contributed by atoms with Crippen molar-refractivity contribution < 1.29 is 27.1 Å². The summed E-state index contributed by atoms with van der Waals surface area (Å²) in [7, 11) is 0. The molecule has 8 heteroatoms. The fourth-order valence-corrected chi connectivity index (χ4v) is 1.21. The lowest BCUT2D eigenvalue weighted by molar-refractivity contribution is 0.294. The highest BCUT2D eigenvalue weighted by Crippen LogP contribution is 2.23. The molecule has 0 aromatic heterocycles. The van der Waals surface area contributed by atoms with Gasteiger partial charge >= 0.3 is 0 Å². The van der Waals surface area contributed by atoms with Crippen molar-refractivity contribution in [2.45, 2.75) is 0 Å². The van der Waals surface area contributed by atoms with Crippen molar-refractivity contribution in [2.75, 3.05) is 19.7 Å². The Bertz CT molecular complexity index is 438. The molecule has 2 N–H and O–H groups in total. The van der Waals surface area contributed by atoms with Crippen LogP contribution in [0.5, 0.6) is 0 Å². The maximum absolute atomic E-state index is 13.1. The summed E-state index contributed by atoms with van der Waals surface area (Å²) in [5.74, 6) is -9.87. The SMILES string of the molecule is Cl.OCCNC/C=C/c1c(F)c(F)c(F)c(F)c1F. The van der Waals surface area contributed by atoms with Gasteiger partial charge in [0.1, 0.15) is 0 Å². The smallest absolute Gasteiger partial charge is 0.200 e. The first-order valence-corrected chi connectivity index (χ1v) is 5.00. The highest BCUT2D eigenvalue weighted by Gasteiger charge is 2.23. The monoisotopic (exact) mass is 303 g/mol. The number of halogens is 6. The van der Waals surface area contributed by atoms with Gasteiger partial charge in [0.2, 0.25) is 5.82 Å². The zero-order chi connectivity index (χ0) is 13.7. The summed E-state index contributed by atoms with van der Waals surface area (Å²) in [4.78, 5) is 0. The van der Waals surface area contributed by atoms with Crippen molar-refractivity contribution in [3.8, 4) is 0 Å². The van der Waals surface area contributed by atoms with Crippen molar-refractivity contribution in [3.63, 3.8) is 0 Å². The number of aliphatic hydroxyl groups is 1. The number of benzene rings is 1.